The van der Waals surface area contributed by atoms with E-state index < -0.39 is 41.9 Å². The molecule has 0 N–H and O–H groups in total. The van der Waals surface area contributed by atoms with Crippen LogP contribution in [0.3, 0.4) is 0 Å². The summed E-state index contributed by atoms with van der Waals surface area (Å²) in [5, 5.41) is 2.48. The SMILES string of the molecule is c1ccc(C2=NC(c3ccccc3)=IC(c3cccc([I-]c4ccc(-c5nc(-c6ccccc6)nc(-c6ccc7sc8ccccc8c7c6)n5)cc4)c3)=N2)cc1. The molecule has 0 unspecified atom stereocenters. The van der Waals surface area contributed by atoms with E-state index in [0.29, 0.717) is 17.5 Å². The van der Waals surface area contributed by atoms with Crippen LogP contribution in [-0.4, -0.2) is 28.1 Å². The summed E-state index contributed by atoms with van der Waals surface area (Å²) < 4.78 is 7.48. The van der Waals surface area contributed by atoms with Gasteiger partial charge in [-0.05, 0) is 6.07 Å². The molecule has 5 nitrogen and oxygen atoms in total. The van der Waals surface area contributed by atoms with Crippen molar-refractivity contribution >= 4 is 65.4 Å². The molecule has 56 heavy (non-hydrogen) atoms. The van der Waals surface area contributed by atoms with Crippen LogP contribution in [0, 0.1) is 7.14 Å². The standard InChI is InChI=1S/C48H30I2N5S/c1-4-13-31(14-5-1)43-50-44(52-45(51-43)32-15-6-2-7-16-32)35-19-12-20-38(29-35)49-37-26-23-34(24-27-37)47-53-46(33-17-8-3-9-18-33)54-48(55-47)36-25-28-42-40(30-36)39-21-10-11-22-41(39)56-42/h1-30H/q-1. The molecule has 8 heteroatoms. The maximum absolute atomic E-state index is 5.16. The van der Waals surface area contributed by atoms with E-state index in [2.05, 4.69) is 146 Å². The molecule has 268 valence electrons. The molecule has 0 spiro atoms. The Kier molecular flexibility index (Phi) is 9.67. The molecule has 0 saturated carbocycles. The van der Waals surface area contributed by atoms with E-state index >= 15 is 0 Å². The topological polar surface area (TPSA) is 63.4 Å². The predicted octanol–water partition coefficient (Wildman–Crippen LogP) is 8.72. The average Bonchev–Trinajstić information content (AvgIpc) is 3.65. The Morgan fingerprint density at radius 1 is 0.393 bits per heavy atom. The predicted molar refractivity (Wildman–Crippen MR) is 237 cm³/mol. The fraction of sp³-hybridized carbons (Fsp3) is 0. The van der Waals surface area contributed by atoms with Crippen LogP contribution in [0.15, 0.2) is 192 Å². The number of aromatic nitrogens is 3. The summed E-state index contributed by atoms with van der Waals surface area (Å²) in [4.78, 5) is 25.3. The molecular formula is C48H30I2N5S-. The molecule has 0 amide bonds. The number of nitrogens with zero attached hydrogens (tertiary/aromatic N) is 5. The van der Waals surface area contributed by atoms with Gasteiger partial charge in [-0.1, -0.05) is 12.1 Å². The number of fused-ring (bicyclic) bond motifs is 3. The number of hydrogen-bond donors (Lipinski definition) is 0. The van der Waals surface area contributed by atoms with Crippen LogP contribution in [-0.2, 0) is 0 Å². The van der Waals surface area contributed by atoms with Gasteiger partial charge in [0, 0.05) is 0 Å². The third-order valence-corrected chi connectivity index (χ3v) is 15.9. The number of thiophene rings is 1. The quantitative estimate of drug-likeness (QED) is 0.143. The molecule has 7 aromatic carbocycles. The van der Waals surface area contributed by atoms with Crippen molar-refractivity contribution in [2.24, 2.45) is 9.98 Å². The van der Waals surface area contributed by atoms with E-state index in [4.69, 9.17) is 24.9 Å². The molecule has 1 aliphatic heterocycles. The normalized spacial score (nSPS) is 12.9. The van der Waals surface area contributed by atoms with Crippen LogP contribution in [0.1, 0.15) is 16.7 Å². The molecular weight excluding hydrogens is 932 g/mol. The first-order valence-electron chi connectivity index (χ1n) is 18.1. The van der Waals surface area contributed by atoms with Gasteiger partial charge in [0.15, 0.2) is 0 Å². The van der Waals surface area contributed by atoms with Gasteiger partial charge in [0.25, 0.3) is 0 Å². The Labute approximate surface area is 348 Å². The van der Waals surface area contributed by atoms with Crippen LogP contribution in [0.2, 0.25) is 0 Å². The zero-order valence-electron chi connectivity index (χ0n) is 29.7. The third kappa shape index (κ3) is 7.27. The van der Waals surface area contributed by atoms with Gasteiger partial charge in [-0.3, -0.25) is 0 Å². The summed E-state index contributed by atoms with van der Waals surface area (Å²) in [6, 6.07) is 63.8. The summed E-state index contributed by atoms with van der Waals surface area (Å²) in [7, 11) is 0. The van der Waals surface area contributed by atoms with E-state index in [9.17, 15) is 0 Å². The van der Waals surface area contributed by atoms with Gasteiger partial charge in [-0.15, -0.1) is 0 Å². The monoisotopic (exact) mass is 962 g/mol. The number of halogens is 2. The zero-order valence-corrected chi connectivity index (χ0v) is 34.9. The van der Waals surface area contributed by atoms with Gasteiger partial charge in [0.2, 0.25) is 0 Å². The van der Waals surface area contributed by atoms with Crippen molar-refractivity contribution < 1.29 is 21.2 Å². The second-order valence-corrected chi connectivity index (χ2v) is 19.7. The van der Waals surface area contributed by atoms with Crippen LogP contribution < -0.4 is 21.2 Å². The van der Waals surface area contributed by atoms with Crippen molar-refractivity contribution in [2.45, 2.75) is 0 Å². The van der Waals surface area contributed by atoms with Crippen molar-refractivity contribution in [3.05, 3.63) is 206 Å². The van der Waals surface area contributed by atoms with Crippen molar-refractivity contribution in [2.75, 3.05) is 0 Å². The summed E-state index contributed by atoms with van der Waals surface area (Å²) in [6.45, 7) is 0. The number of rotatable bonds is 8. The van der Waals surface area contributed by atoms with Gasteiger partial charge in [-0.25, -0.2) is 0 Å². The molecule has 1 aliphatic rings. The molecule has 10 rings (SSSR count). The molecule has 0 atom stereocenters. The first-order valence-corrected chi connectivity index (χ1v) is 23.2. The van der Waals surface area contributed by atoms with Gasteiger partial charge in [-0.2, -0.15) is 0 Å². The molecule has 0 radical (unpaired) electrons. The Morgan fingerprint density at radius 2 is 0.964 bits per heavy atom. The van der Waals surface area contributed by atoms with E-state index in [1.807, 2.05) is 47.7 Å². The summed E-state index contributed by atoms with van der Waals surface area (Å²) >= 11 is 0.782. The van der Waals surface area contributed by atoms with Crippen LogP contribution >= 0.6 is 32.1 Å². The van der Waals surface area contributed by atoms with E-state index in [0.717, 1.165) is 35.4 Å². The second-order valence-electron chi connectivity index (χ2n) is 13.0. The Morgan fingerprint density at radius 3 is 1.70 bits per heavy atom. The maximum atomic E-state index is 5.16. The first kappa shape index (κ1) is 34.9. The zero-order chi connectivity index (χ0) is 37.3. The number of aliphatic imine (C=N–C) groups is 2. The molecule has 0 aliphatic carbocycles. The fourth-order valence-electron chi connectivity index (χ4n) is 6.55. The molecule has 0 bridgehead atoms. The van der Waals surface area contributed by atoms with Gasteiger partial charge in [0.1, 0.15) is 0 Å². The average molecular weight is 963 g/mol. The third-order valence-electron chi connectivity index (χ3n) is 9.32. The molecule has 9 aromatic rings. The van der Waals surface area contributed by atoms with Gasteiger partial charge in [0.05, 0.1) is 0 Å². The number of hydrogen-bond acceptors (Lipinski definition) is 6. The minimum atomic E-state index is -0.580. The molecule has 0 saturated heterocycles. The van der Waals surface area contributed by atoms with E-state index in [-0.39, 0.29) is 0 Å². The van der Waals surface area contributed by atoms with Crippen LogP contribution in [0.4, 0.5) is 0 Å². The summed E-state index contributed by atoms with van der Waals surface area (Å²) in [5.74, 6) is 2.77. The molecule has 3 heterocycles. The Hall–Kier alpha value is -5.56. The van der Waals surface area contributed by atoms with Crippen molar-refractivity contribution in [3.8, 4) is 34.2 Å². The minimum absolute atomic E-state index is 0.451. The van der Waals surface area contributed by atoms with E-state index in [1.54, 1.807) is 0 Å². The first-order chi connectivity index (χ1) is 27.7. The number of benzene rings is 7. The molecule has 0 fully saturated rings. The van der Waals surface area contributed by atoms with Crippen LogP contribution in [0.25, 0.3) is 54.3 Å². The van der Waals surface area contributed by atoms with Crippen molar-refractivity contribution in [3.63, 3.8) is 0 Å². The van der Waals surface area contributed by atoms with Crippen LogP contribution in [0.5, 0.6) is 0 Å². The van der Waals surface area contributed by atoms with E-state index in [1.165, 1.54) is 38.4 Å². The fourth-order valence-corrected chi connectivity index (χ4v) is 12.5. The van der Waals surface area contributed by atoms with Crippen molar-refractivity contribution in [1.82, 2.24) is 15.0 Å². The van der Waals surface area contributed by atoms with Gasteiger partial charge < -0.3 is 0 Å². The Balaban J connectivity index is 0.962. The Bertz CT molecular complexity index is 2940. The summed E-state index contributed by atoms with van der Waals surface area (Å²) in [5.41, 5.74) is 6.29. The number of amidine groups is 1. The van der Waals surface area contributed by atoms with Crippen molar-refractivity contribution in [1.29, 1.82) is 0 Å². The van der Waals surface area contributed by atoms with Gasteiger partial charge >= 0.3 is 333 Å². The second kappa shape index (κ2) is 15.5. The summed E-state index contributed by atoms with van der Waals surface area (Å²) in [6.07, 6.45) is 0. The molecule has 2 aromatic heterocycles.